The Balaban J connectivity index is 5.66. The van der Waals surface area contributed by atoms with Crippen molar-refractivity contribution in [1.29, 1.82) is 0 Å². The molecule has 1 unspecified atom stereocenters. The van der Waals surface area contributed by atoms with Crippen molar-refractivity contribution in [1.82, 2.24) is 4.90 Å². The summed E-state index contributed by atoms with van der Waals surface area (Å²) in [4.78, 5) is 2.14. The highest BCUT2D eigenvalue weighted by atomic mass is 15.0. The first kappa shape index (κ1) is 16.3. The Hall–Kier alpha value is -0.720. The average Bonchev–Trinajstić information content (AvgIpc) is 1.96. The van der Waals surface area contributed by atoms with Gasteiger partial charge in [0.25, 0.3) is 0 Å². The molecule has 0 aromatic heterocycles. The Bertz CT molecular complexity index is 294. The molecule has 0 aliphatic rings. The van der Waals surface area contributed by atoms with Gasteiger partial charge in [-0.05, 0) is 29.5 Å². The highest BCUT2D eigenvalue weighted by Crippen LogP contribution is 2.44. The van der Waals surface area contributed by atoms with Gasteiger partial charge in [-0.3, -0.25) is 0 Å². The summed E-state index contributed by atoms with van der Waals surface area (Å²) in [5.74, 6) is 0.421. The van der Waals surface area contributed by atoms with Gasteiger partial charge < -0.3 is 4.90 Å². The monoisotopic (exact) mass is 237 g/mol. The van der Waals surface area contributed by atoms with E-state index in [0.29, 0.717) is 5.92 Å². The standard InChI is InChI=1S/C16H31N/c1-12(2)14(16(6,7)8)13(11-17(9)10)15(3,4)5/h11,14H,1H2,2-10H3/b13-11+. The molecule has 0 amide bonds. The van der Waals surface area contributed by atoms with Gasteiger partial charge in [0, 0.05) is 20.0 Å². The van der Waals surface area contributed by atoms with Gasteiger partial charge >= 0.3 is 0 Å². The zero-order valence-corrected chi connectivity index (χ0v) is 13.3. The summed E-state index contributed by atoms with van der Waals surface area (Å²) in [5, 5.41) is 0. The predicted molar refractivity (Wildman–Crippen MR) is 79.0 cm³/mol. The van der Waals surface area contributed by atoms with Crippen LogP contribution < -0.4 is 0 Å². The topological polar surface area (TPSA) is 3.24 Å². The SMILES string of the molecule is C=C(C)C(/C(=C\N(C)C)C(C)(C)C)C(C)(C)C. The number of nitrogens with zero attached hydrogens (tertiary/aromatic N) is 1. The lowest BCUT2D eigenvalue weighted by Gasteiger charge is -2.40. The van der Waals surface area contributed by atoms with Crippen LogP contribution >= 0.6 is 0 Å². The first-order valence-corrected chi connectivity index (χ1v) is 6.41. The summed E-state index contributed by atoms with van der Waals surface area (Å²) < 4.78 is 0. The van der Waals surface area contributed by atoms with Crippen LogP contribution in [0.25, 0.3) is 0 Å². The molecule has 0 heterocycles. The van der Waals surface area contributed by atoms with E-state index in [1.165, 1.54) is 11.1 Å². The largest absolute Gasteiger partial charge is 0.383 e. The van der Waals surface area contributed by atoms with Crippen LogP contribution in [-0.4, -0.2) is 19.0 Å². The van der Waals surface area contributed by atoms with Gasteiger partial charge in [0.15, 0.2) is 0 Å². The summed E-state index contributed by atoms with van der Waals surface area (Å²) in [7, 11) is 4.17. The summed E-state index contributed by atoms with van der Waals surface area (Å²) in [5.41, 5.74) is 3.09. The molecule has 0 spiro atoms. The molecule has 0 fully saturated rings. The highest BCUT2D eigenvalue weighted by Gasteiger charge is 2.34. The first-order valence-electron chi connectivity index (χ1n) is 6.41. The van der Waals surface area contributed by atoms with Gasteiger partial charge in [-0.2, -0.15) is 0 Å². The number of hydrogen-bond acceptors (Lipinski definition) is 1. The molecule has 0 aromatic carbocycles. The molecule has 1 nitrogen and oxygen atoms in total. The van der Waals surface area contributed by atoms with Crippen LogP contribution in [0.15, 0.2) is 23.9 Å². The van der Waals surface area contributed by atoms with Crippen LogP contribution in [0.5, 0.6) is 0 Å². The summed E-state index contributed by atoms with van der Waals surface area (Å²) in [6, 6.07) is 0. The quantitative estimate of drug-likeness (QED) is 0.642. The fourth-order valence-corrected chi connectivity index (χ4v) is 2.45. The third-order valence-corrected chi connectivity index (χ3v) is 2.93. The minimum atomic E-state index is 0.168. The number of hydrogen-bond donors (Lipinski definition) is 0. The van der Waals surface area contributed by atoms with E-state index in [2.05, 4.69) is 80.2 Å². The zero-order chi connectivity index (χ0) is 14.0. The first-order chi connectivity index (χ1) is 7.37. The van der Waals surface area contributed by atoms with Crippen molar-refractivity contribution >= 4 is 0 Å². The Labute approximate surface area is 109 Å². The van der Waals surface area contributed by atoms with Crippen molar-refractivity contribution in [3.05, 3.63) is 23.9 Å². The molecule has 0 saturated heterocycles. The molecule has 0 aromatic rings. The summed E-state index contributed by atoms with van der Waals surface area (Å²) >= 11 is 0. The molecular formula is C16H31N. The van der Waals surface area contributed by atoms with Crippen LogP contribution in [0.1, 0.15) is 48.5 Å². The van der Waals surface area contributed by atoms with E-state index in [9.17, 15) is 0 Å². The lowest BCUT2D eigenvalue weighted by molar-refractivity contribution is 0.271. The van der Waals surface area contributed by atoms with Crippen molar-refractivity contribution in [2.75, 3.05) is 14.1 Å². The molecule has 0 rings (SSSR count). The van der Waals surface area contributed by atoms with E-state index in [-0.39, 0.29) is 10.8 Å². The van der Waals surface area contributed by atoms with Gasteiger partial charge in [-0.15, -0.1) is 0 Å². The molecule has 0 N–H and O–H groups in total. The maximum Gasteiger partial charge on any atom is 0.00727 e. The third kappa shape index (κ3) is 4.97. The molecule has 0 bridgehead atoms. The second kappa shape index (κ2) is 5.29. The van der Waals surface area contributed by atoms with E-state index in [4.69, 9.17) is 0 Å². The Morgan fingerprint density at radius 1 is 1.06 bits per heavy atom. The van der Waals surface area contributed by atoms with Crippen molar-refractivity contribution < 1.29 is 0 Å². The van der Waals surface area contributed by atoms with E-state index in [0.717, 1.165) is 0 Å². The lowest BCUT2D eigenvalue weighted by Crippen LogP contribution is -2.30. The molecule has 0 aliphatic carbocycles. The van der Waals surface area contributed by atoms with Crippen molar-refractivity contribution in [3.63, 3.8) is 0 Å². The second-order valence-electron chi connectivity index (χ2n) is 7.44. The van der Waals surface area contributed by atoms with Crippen molar-refractivity contribution in [2.45, 2.75) is 48.5 Å². The normalized spacial score (nSPS) is 15.7. The molecule has 100 valence electrons. The summed E-state index contributed by atoms with van der Waals surface area (Å²) in [6.07, 6.45) is 2.27. The Morgan fingerprint density at radius 3 is 1.65 bits per heavy atom. The van der Waals surface area contributed by atoms with Crippen LogP contribution in [0, 0.1) is 16.7 Å². The molecule has 0 radical (unpaired) electrons. The van der Waals surface area contributed by atoms with Crippen LogP contribution in [0.3, 0.4) is 0 Å². The van der Waals surface area contributed by atoms with Gasteiger partial charge in [0.2, 0.25) is 0 Å². The van der Waals surface area contributed by atoms with Crippen molar-refractivity contribution in [3.8, 4) is 0 Å². The fourth-order valence-electron chi connectivity index (χ4n) is 2.45. The van der Waals surface area contributed by atoms with Crippen LogP contribution in [0.4, 0.5) is 0 Å². The minimum absolute atomic E-state index is 0.168. The minimum Gasteiger partial charge on any atom is -0.383 e. The fraction of sp³-hybridized carbons (Fsp3) is 0.750. The molecule has 17 heavy (non-hydrogen) atoms. The smallest absolute Gasteiger partial charge is 0.00727 e. The predicted octanol–water partition coefficient (Wildman–Crippen LogP) is 4.72. The Kier molecular flexibility index (Phi) is 5.06. The van der Waals surface area contributed by atoms with Gasteiger partial charge in [0.1, 0.15) is 0 Å². The lowest BCUT2D eigenvalue weighted by atomic mass is 9.66. The molecule has 1 atom stereocenters. The third-order valence-electron chi connectivity index (χ3n) is 2.93. The Morgan fingerprint density at radius 2 is 1.47 bits per heavy atom. The summed E-state index contributed by atoms with van der Waals surface area (Å²) in [6.45, 7) is 20.1. The molecule has 1 heteroatoms. The molecule has 0 saturated carbocycles. The highest BCUT2D eigenvalue weighted by molar-refractivity contribution is 5.25. The van der Waals surface area contributed by atoms with E-state index < -0.39 is 0 Å². The van der Waals surface area contributed by atoms with E-state index in [1.54, 1.807) is 0 Å². The molecular weight excluding hydrogens is 206 g/mol. The van der Waals surface area contributed by atoms with Crippen LogP contribution in [0.2, 0.25) is 0 Å². The van der Waals surface area contributed by atoms with Crippen LogP contribution in [-0.2, 0) is 0 Å². The molecule has 0 aliphatic heterocycles. The number of rotatable bonds is 3. The van der Waals surface area contributed by atoms with Gasteiger partial charge in [0.05, 0.1) is 0 Å². The van der Waals surface area contributed by atoms with Gasteiger partial charge in [-0.25, -0.2) is 0 Å². The average molecular weight is 237 g/mol. The van der Waals surface area contributed by atoms with E-state index >= 15 is 0 Å². The van der Waals surface area contributed by atoms with Crippen molar-refractivity contribution in [2.24, 2.45) is 16.7 Å². The zero-order valence-electron chi connectivity index (χ0n) is 13.3. The second-order valence-corrected chi connectivity index (χ2v) is 7.44. The van der Waals surface area contributed by atoms with Gasteiger partial charge in [-0.1, -0.05) is 53.7 Å². The van der Waals surface area contributed by atoms with E-state index in [1.807, 2.05) is 0 Å². The number of allylic oxidation sites excluding steroid dienone is 2. The maximum atomic E-state index is 4.20. The maximum absolute atomic E-state index is 4.20.